The number of alkyl halides is 3. The van der Waals surface area contributed by atoms with Gasteiger partial charge in [0.05, 0.1) is 17.4 Å². The van der Waals surface area contributed by atoms with E-state index in [1.165, 1.54) is 36.4 Å². The van der Waals surface area contributed by atoms with Crippen LogP contribution in [0.4, 0.5) is 13.2 Å². The topological polar surface area (TPSA) is 126 Å². The first kappa shape index (κ1) is 26.6. The largest absolute Gasteiger partial charge is 0.434 e. The number of halogens is 3. The van der Waals surface area contributed by atoms with Crippen LogP contribution in [0.3, 0.4) is 0 Å². The summed E-state index contributed by atoms with van der Waals surface area (Å²) in [5.41, 5.74) is -0.449. The zero-order valence-electron chi connectivity index (χ0n) is 20.7. The molecule has 2 aromatic heterocycles. The van der Waals surface area contributed by atoms with E-state index in [0.717, 1.165) is 36.6 Å². The molecule has 204 valence electrons. The average Bonchev–Trinajstić information content (AvgIpc) is 3.61. The van der Waals surface area contributed by atoms with Gasteiger partial charge in [-0.3, -0.25) is 4.79 Å². The van der Waals surface area contributed by atoms with E-state index in [9.17, 15) is 28.2 Å². The number of nitrogens with one attached hydrogen (secondary N) is 1. The highest BCUT2D eigenvalue weighted by atomic mass is 19.4. The minimum absolute atomic E-state index is 0.0278. The maximum Gasteiger partial charge on any atom is 0.434 e. The van der Waals surface area contributed by atoms with Crippen molar-refractivity contribution in [1.29, 1.82) is 0 Å². The lowest BCUT2D eigenvalue weighted by Crippen LogP contribution is -2.45. The predicted octanol–water partition coefficient (Wildman–Crippen LogP) is 4.31. The molecule has 9 nitrogen and oxygen atoms in total. The molecule has 0 radical (unpaired) electrons. The van der Waals surface area contributed by atoms with Crippen molar-refractivity contribution in [3.8, 4) is 28.5 Å². The molecular weight excluding hydrogens is 515 g/mol. The first-order valence-electron chi connectivity index (χ1n) is 12.5. The summed E-state index contributed by atoms with van der Waals surface area (Å²) in [6.07, 6.45) is -1.66. The van der Waals surface area contributed by atoms with E-state index in [0.29, 0.717) is 11.1 Å². The van der Waals surface area contributed by atoms with Crippen molar-refractivity contribution in [2.24, 2.45) is 5.92 Å². The number of rotatable bonds is 7. The number of benzene rings is 2. The third-order valence-corrected chi connectivity index (χ3v) is 6.90. The monoisotopic (exact) mass is 541 g/mol. The number of aromatic nitrogens is 4. The van der Waals surface area contributed by atoms with Gasteiger partial charge in [0.15, 0.2) is 11.8 Å². The van der Waals surface area contributed by atoms with Gasteiger partial charge in [0.1, 0.15) is 0 Å². The van der Waals surface area contributed by atoms with Gasteiger partial charge in [0.25, 0.3) is 11.8 Å². The van der Waals surface area contributed by atoms with Crippen molar-refractivity contribution in [3.05, 3.63) is 72.1 Å². The Morgan fingerprint density at radius 2 is 1.82 bits per heavy atom. The Kier molecular flexibility index (Phi) is 7.49. The van der Waals surface area contributed by atoms with Crippen LogP contribution < -0.4 is 5.32 Å². The van der Waals surface area contributed by atoms with E-state index in [-0.39, 0.29) is 41.5 Å². The lowest BCUT2D eigenvalue weighted by molar-refractivity contribution is -0.142. The minimum atomic E-state index is -4.75. The molecule has 1 fully saturated rings. The zero-order chi connectivity index (χ0) is 27.6. The number of aliphatic hydroxyl groups excluding tert-OH is 2. The fraction of sp³-hybridized carbons (Fsp3) is 0.333. The molecule has 2 heterocycles. The summed E-state index contributed by atoms with van der Waals surface area (Å²) < 4.78 is 47.9. The second-order valence-corrected chi connectivity index (χ2v) is 9.44. The Balaban J connectivity index is 1.34. The molecule has 3 atom stereocenters. The number of para-hydroxylation sites is 1. The normalized spacial score (nSPS) is 18.6. The second-order valence-electron chi connectivity index (χ2n) is 9.44. The minimum Gasteiger partial charge on any atom is -0.396 e. The van der Waals surface area contributed by atoms with Gasteiger partial charge in [-0.1, -0.05) is 60.5 Å². The molecule has 0 saturated heterocycles. The van der Waals surface area contributed by atoms with Crippen LogP contribution in [-0.4, -0.2) is 48.7 Å². The summed E-state index contributed by atoms with van der Waals surface area (Å²) in [5.74, 6) is -0.926. The van der Waals surface area contributed by atoms with Gasteiger partial charge in [-0.2, -0.15) is 23.3 Å². The molecule has 1 aliphatic rings. The number of carbonyl (C=O) groups is 1. The van der Waals surface area contributed by atoms with Crippen LogP contribution >= 0.6 is 0 Å². The lowest BCUT2D eigenvalue weighted by Gasteiger charge is -2.31. The fourth-order valence-electron chi connectivity index (χ4n) is 4.84. The highest BCUT2D eigenvalue weighted by molar-refractivity contribution is 5.82. The number of aliphatic hydroxyl groups is 2. The number of hydrogen-bond acceptors (Lipinski definition) is 7. The van der Waals surface area contributed by atoms with Crippen LogP contribution in [0.2, 0.25) is 0 Å². The molecule has 12 heteroatoms. The van der Waals surface area contributed by atoms with Gasteiger partial charge in [-0.15, -0.1) is 0 Å². The van der Waals surface area contributed by atoms with E-state index < -0.39 is 23.9 Å². The van der Waals surface area contributed by atoms with E-state index in [1.54, 1.807) is 18.2 Å². The molecule has 1 saturated carbocycles. The van der Waals surface area contributed by atoms with Gasteiger partial charge in [0, 0.05) is 24.1 Å². The third-order valence-electron chi connectivity index (χ3n) is 6.90. The molecule has 0 unspecified atom stereocenters. The molecule has 0 aliphatic heterocycles. The molecule has 3 N–H and O–H groups in total. The summed E-state index contributed by atoms with van der Waals surface area (Å²) in [6.45, 7) is -0.0278. The summed E-state index contributed by atoms with van der Waals surface area (Å²) in [5, 5.41) is 30.7. The molecule has 5 rings (SSSR count). The molecule has 4 aromatic rings. The summed E-state index contributed by atoms with van der Waals surface area (Å²) >= 11 is 0. The quantitative estimate of drug-likeness (QED) is 0.318. The Hall–Kier alpha value is -4.03. The maximum atomic E-state index is 14.0. The summed E-state index contributed by atoms with van der Waals surface area (Å²) in [4.78, 5) is 16.8. The Labute approximate surface area is 221 Å². The first-order valence-corrected chi connectivity index (χ1v) is 12.5. The molecule has 1 aliphatic carbocycles. The van der Waals surface area contributed by atoms with Crippen molar-refractivity contribution in [1.82, 2.24) is 25.2 Å². The zero-order valence-corrected chi connectivity index (χ0v) is 20.7. The second kappa shape index (κ2) is 11.0. The van der Waals surface area contributed by atoms with Crippen molar-refractivity contribution < 1.29 is 32.7 Å². The van der Waals surface area contributed by atoms with Gasteiger partial charge in [0.2, 0.25) is 5.82 Å². The van der Waals surface area contributed by atoms with E-state index in [4.69, 9.17) is 4.52 Å². The summed E-state index contributed by atoms with van der Waals surface area (Å²) in [7, 11) is 0. The third kappa shape index (κ3) is 5.57. The predicted molar refractivity (Wildman–Crippen MR) is 133 cm³/mol. The van der Waals surface area contributed by atoms with Crippen LogP contribution in [0.15, 0.2) is 65.3 Å². The highest BCUT2D eigenvalue weighted by Crippen LogP contribution is 2.38. The Bertz CT molecular complexity index is 1420. The molecule has 0 spiro atoms. The van der Waals surface area contributed by atoms with Crippen molar-refractivity contribution in [3.63, 3.8) is 0 Å². The van der Waals surface area contributed by atoms with Crippen LogP contribution in [0.1, 0.15) is 43.0 Å². The summed E-state index contributed by atoms with van der Waals surface area (Å²) in [6, 6.07) is 13.8. The number of nitrogens with zero attached hydrogens (tertiary/aromatic N) is 4. The van der Waals surface area contributed by atoms with Crippen molar-refractivity contribution in [2.45, 2.75) is 44.0 Å². The molecular formula is C27H26F3N5O4. The molecule has 2 aromatic carbocycles. The lowest BCUT2D eigenvalue weighted by atomic mass is 9.85. The van der Waals surface area contributed by atoms with Gasteiger partial charge < -0.3 is 20.1 Å². The fourth-order valence-corrected chi connectivity index (χ4v) is 4.84. The van der Waals surface area contributed by atoms with Gasteiger partial charge in [-0.05, 0) is 30.5 Å². The molecule has 0 bridgehead atoms. The molecule has 39 heavy (non-hydrogen) atoms. The maximum absolute atomic E-state index is 14.0. The van der Waals surface area contributed by atoms with Crippen LogP contribution in [0.25, 0.3) is 28.5 Å². The van der Waals surface area contributed by atoms with Crippen molar-refractivity contribution >= 4 is 5.91 Å². The van der Waals surface area contributed by atoms with E-state index in [1.807, 2.05) is 0 Å². The SMILES string of the molecule is O=C(N[C@@H]1CCCC[C@@H]1CO)[C@H](O)c1ccc(-c2noc(-c3cnn(-c4ccccc4)c3C(F)(F)F)n2)cc1. The van der Waals surface area contributed by atoms with Crippen molar-refractivity contribution in [2.75, 3.05) is 6.61 Å². The number of hydrogen-bond donors (Lipinski definition) is 3. The highest BCUT2D eigenvalue weighted by Gasteiger charge is 2.40. The Morgan fingerprint density at radius 1 is 1.10 bits per heavy atom. The molecule has 1 amide bonds. The van der Waals surface area contributed by atoms with Gasteiger partial charge in [-0.25, -0.2) is 4.68 Å². The van der Waals surface area contributed by atoms with E-state index >= 15 is 0 Å². The van der Waals surface area contributed by atoms with Crippen LogP contribution in [0, 0.1) is 5.92 Å². The van der Waals surface area contributed by atoms with Crippen LogP contribution in [0.5, 0.6) is 0 Å². The standard InChI is InChI=1S/C27H26F3N5O4/c28-27(29,30)23-20(14-31-35(23)19-7-2-1-3-8-19)26-33-24(34-39-26)17-12-10-16(11-13-17)22(37)25(38)32-21-9-5-4-6-18(21)15-36/h1-3,7-8,10-14,18,21-22,36-37H,4-6,9,15H2,(H,32,38)/t18-,21-,22-/m1/s1. The Morgan fingerprint density at radius 3 is 2.51 bits per heavy atom. The number of carbonyl (C=O) groups excluding carboxylic acids is 1. The smallest absolute Gasteiger partial charge is 0.396 e. The van der Waals surface area contributed by atoms with E-state index in [2.05, 4.69) is 20.6 Å². The average molecular weight is 542 g/mol. The number of amides is 1. The van der Waals surface area contributed by atoms with Gasteiger partial charge >= 0.3 is 6.18 Å². The first-order chi connectivity index (χ1) is 18.8. The van der Waals surface area contributed by atoms with Crippen LogP contribution in [-0.2, 0) is 11.0 Å².